The van der Waals surface area contributed by atoms with Crippen molar-refractivity contribution in [1.82, 2.24) is 4.90 Å². The number of carbonyl (C=O) groups excluding carboxylic acids is 1. The van der Waals surface area contributed by atoms with E-state index in [1.54, 1.807) is 16.9 Å². The molecule has 3 aromatic carbocycles. The molecule has 204 valence electrons. The second-order valence-electron chi connectivity index (χ2n) is 9.54. The molecule has 0 saturated carbocycles. The SMILES string of the molecule is O=C1Nc2ccc(NS(=O)(=O)C(F)(F)F)cc2C1=C(Nc1ccc(CN2CCCCC2)cc1)c1ccccc1. The average molecular weight is 557 g/mol. The Morgan fingerprint density at radius 3 is 2.23 bits per heavy atom. The summed E-state index contributed by atoms with van der Waals surface area (Å²) >= 11 is 0. The van der Waals surface area contributed by atoms with Gasteiger partial charge in [-0.15, -0.1) is 0 Å². The Kier molecular flexibility index (Phi) is 7.37. The Morgan fingerprint density at radius 2 is 1.56 bits per heavy atom. The van der Waals surface area contributed by atoms with Gasteiger partial charge in [-0.3, -0.25) is 14.4 Å². The van der Waals surface area contributed by atoms with Crippen LogP contribution in [0.25, 0.3) is 11.3 Å². The Bertz CT molecular complexity index is 1500. The largest absolute Gasteiger partial charge is 0.516 e. The van der Waals surface area contributed by atoms with Gasteiger partial charge in [0.2, 0.25) is 0 Å². The van der Waals surface area contributed by atoms with Gasteiger partial charge >= 0.3 is 15.5 Å². The molecule has 0 radical (unpaired) electrons. The summed E-state index contributed by atoms with van der Waals surface area (Å²) in [6, 6.07) is 20.7. The molecule has 2 heterocycles. The summed E-state index contributed by atoms with van der Waals surface area (Å²) in [4.78, 5) is 15.6. The molecule has 2 aliphatic rings. The van der Waals surface area contributed by atoms with Gasteiger partial charge in [-0.25, -0.2) is 0 Å². The molecule has 2 aliphatic heterocycles. The van der Waals surface area contributed by atoms with Crippen LogP contribution in [0.4, 0.5) is 30.2 Å². The van der Waals surface area contributed by atoms with E-state index in [1.165, 1.54) is 43.0 Å². The zero-order chi connectivity index (χ0) is 27.6. The van der Waals surface area contributed by atoms with Crippen LogP contribution in [0.3, 0.4) is 0 Å². The summed E-state index contributed by atoms with van der Waals surface area (Å²) < 4.78 is 63.7. The Hall–Kier alpha value is -3.83. The molecule has 0 spiro atoms. The van der Waals surface area contributed by atoms with Crippen molar-refractivity contribution in [2.24, 2.45) is 0 Å². The second kappa shape index (κ2) is 10.7. The highest BCUT2D eigenvalue weighted by Crippen LogP contribution is 2.39. The van der Waals surface area contributed by atoms with Crippen molar-refractivity contribution in [1.29, 1.82) is 0 Å². The summed E-state index contributed by atoms with van der Waals surface area (Å²) in [5.74, 6) is -0.464. The number of anilines is 3. The minimum atomic E-state index is -5.63. The first-order chi connectivity index (χ1) is 18.6. The second-order valence-corrected chi connectivity index (χ2v) is 11.2. The van der Waals surface area contributed by atoms with Gasteiger partial charge < -0.3 is 10.6 Å². The van der Waals surface area contributed by atoms with E-state index < -0.39 is 21.4 Å². The van der Waals surface area contributed by atoms with Crippen LogP contribution in [-0.2, 0) is 21.4 Å². The van der Waals surface area contributed by atoms with Crippen LogP contribution in [0.5, 0.6) is 0 Å². The van der Waals surface area contributed by atoms with Crippen molar-refractivity contribution in [3.8, 4) is 0 Å². The first kappa shape index (κ1) is 26.8. The van der Waals surface area contributed by atoms with Crippen molar-refractivity contribution < 1.29 is 26.4 Å². The van der Waals surface area contributed by atoms with Crippen molar-refractivity contribution >= 4 is 44.3 Å². The number of hydrogen-bond donors (Lipinski definition) is 3. The number of carbonyl (C=O) groups is 1. The zero-order valence-electron chi connectivity index (χ0n) is 20.9. The summed E-state index contributed by atoms with van der Waals surface area (Å²) in [5.41, 5.74) is -1.97. The fourth-order valence-electron chi connectivity index (χ4n) is 4.79. The van der Waals surface area contributed by atoms with E-state index in [4.69, 9.17) is 0 Å². The standard InChI is InChI=1S/C28H27F3N4O3S/c29-28(30,31)39(37,38)34-22-13-14-24-23(17-22)25(27(36)33-24)26(20-7-3-1-4-8-20)32-21-11-9-19(10-12-21)18-35-15-5-2-6-16-35/h1,3-4,7-14,17,32,34H,2,5-6,15-16,18H2,(H,33,36). The number of nitrogens with one attached hydrogen (secondary N) is 3. The average Bonchev–Trinajstić information content (AvgIpc) is 3.23. The number of fused-ring (bicyclic) bond motifs is 1. The third-order valence-corrected chi connectivity index (χ3v) is 7.83. The summed E-state index contributed by atoms with van der Waals surface area (Å²) in [6.07, 6.45) is 3.68. The predicted molar refractivity (Wildman–Crippen MR) is 146 cm³/mol. The van der Waals surface area contributed by atoms with Gasteiger partial charge in [0.05, 0.1) is 11.3 Å². The van der Waals surface area contributed by atoms with E-state index in [0.717, 1.165) is 25.3 Å². The van der Waals surface area contributed by atoms with E-state index in [9.17, 15) is 26.4 Å². The lowest BCUT2D eigenvalue weighted by Gasteiger charge is -2.26. The molecule has 0 aromatic heterocycles. The Morgan fingerprint density at radius 1 is 0.897 bits per heavy atom. The number of alkyl halides is 3. The van der Waals surface area contributed by atoms with Crippen molar-refractivity contribution in [3.05, 3.63) is 89.5 Å². The Balaban J connectivity index is 1.50. The first-order valence-corrected chi connectivity index (χ1v) is 14.0. The lowest BCUT2D eigenvalue weighted by Crippen LogP contribution is -2.29. The fraction of sp³-hybridized carbons (Fsp3) is 0.250. The molecule has 3 N–H and O–H groups in total. The minimum absolute atomic E-state index is 0.182. The van der Waals surface area contributed by atoms with E-state index in [2.05, 4.69) is 15.5 Å². The molecule has 1 amide bonds. The van der Waals surface area contributed by atoms with Crippen LogP contribution < -0.4 is 15.4 Å². The van der Waals surface area contributed by atoms with Crippen LogP contribution in [0, 0.1) is 0 Å². The van der Waals surface area contributed by atoms with Gasteiger partial charge in [-0.1, -0.05) is 48.9 Å². The highest BCUT2D eigenvalue weighted by atomic mass is 32.2. The van der Waals surface area contributed by atoms with Crippen LogP contribution >= 0.6 is 0 Å². The predicted octanol–water partition coefficient (Wildman–Crippen LogP) is 5.87. The van der Waals surface area contributed by atoms with Crippen molar-refractivity contribution in [2.45, 2.75) is 31.3 Å². The first-order valence-electron chi connectivity index (χ1n) is 12.5. The topological polar surface area (TPSA) is 90.5 Å². The number of nitrogens with zero attached hydrogens (tertiary/aromatic N) is 1. The molecular formula is C28H27F3N4O3S. The molecule has 0 atom stereocenters. The maximum atomic E-state index is 13.1. The molecule has 1 fully saturated rings. The van der Waals surface area contributed by atoms with Gasteiger partial charge in [-0.05, 0) is 67.4 Å². The van der Waals surface area contributed by atoms with E-state index >= 15 is 0 Å². The maximum Gasteiger partial charge on any atom is 0.516 e. The van der Waals surface area contributed by atoms with Gasteiger partial charge in [-0.2, -0.15) is 21.6 Å². The number of sulfonamides is 1. The molecule has 7 nitrogen and oxygen atoms in total. The van der Waals surface area contributed by atoms with Gasteiger partial charge in [0.15, 0.2) is 0 Å². The van der Waals surface area contributed by atoms with Gasteiger partial charge in [0, 0.05) is 29.2 Å². The molecule has 0 bridgehead atoms. The molecule has 0 aliphatic carbocycles. The smallest absolute Gasteiger partial charge is 0.354 e. The molecule has 0 unspecified atom stereocenters. The highest BCUT2D eigenvalue weighted by Gasteiger charge is 2.46. The molecule has 5 rings (SSSR count). The maximum absolute atomic E-state index is 13.1. The fourth-order valence-corrected chi connectivity index (χ4v) is 5.34. The van der Waals surface area contributed by atoms with Crippen molar-refractivity contribution in [2.75, 3.05) is 28.4 Å². The monoisotopic (exact) mass is 556 g/mol. The summed E-state index contributed by atoms with van der Waals surface area (Å²) in [7, 11) is -5.63. The lowest BCUT2D eigenvalue weighted by molar-refractivity contribution is -0.110. The summed E-state index contributed by atoms with van der Waals surface area (Å²) in [5, 5.41) is 6.03. The number of rotatable bonds is 7. The van der Waals surface area contributed by atoms with E-state index in [-0.39, 0.29) is 16.8 Å². The van der Waals surface area contributed by atoms with Crippen LogP contribution in [0.15, 0.2) is 72.8 Å². The molecule has 3 aromatic rings. The van der Waals surface area contributed by atoms with Gasteiger partial charge in [0.25, 0.3) is 5.91 Å². The third kappa shape index (κ3) is 5.94. The van der Waals surface area contributed by atoms with Crippen LogP contribution in [0.1, 0.15) is 36.0 Å². The van der Waals surface area contributed by atoms with E-state index in [1.807, 2.05) is 42.5 Å². The lowest BCUT2D eigenvalue weighted by atomic mass is 9.99. The quantitative estimate of drug-likeness (QED) is 0.317. The highest BCUT2D eigenvalue weighted by molar-refractivity contribution is 7.93. The molecule has 39 heavy (non-hydrogen) atoms. The third-order valence-electron chi connectivity index (χ3n) is 6.71. The van der Waals surface area contributed by atoms with E-state index in [0.29, 0.717) is 16.9 Å². The molecule has 1 saturated heterocycles. The number of benzene rings is 3. The minimum Gasteiger partial charge on any atom is -0.354 e. The number of hydrogen-bond acceptors (Lipinski definition) is 5. The number of halogens is 3. The number of piperidine rings is 1. The van der Waals surface area contributed by atoms with Crippen LogP contribution in [-0.4, -0.2) is 37.8 Å². The van der Waals surface area contributed by atoms with Crippen LogP contribution in [0.2, 0.25) is 0 Å². The van der Waals surface area contributed by atoms with Crippen molar-refractivity contribution in [3.63, 3.8) is 0 Å². The zero-order valence-corrected chi connectivity index (χ0v) is 21.7. The molecular weight excluding hydrogens is 529 g/mol. The number of amides is 1. The summed E-state index contributed by atoms with van der Waals surface area (Å²) in [6.45, 7) is 3.03. The number of likely N-dealkylation sites (tertiary alicyclic amines) is 1. The van der Waals surface area contributed by atoms with Gasteiger partial charge in [0.1, 0.15) is 0 Å². The normalized spacial score (nSPS) is 17.4. The Labute approximate surface area is 224 Å². The molecule has 11 heteroatoms.